The van der Waals surface area contributed by atoms with Gasteiger partial charge >= 0.3 is 18.4 Å². The molecule has 1 aliphatic carbocycles. The molecule has 1 aliphatic heterocycles. The molecule has 2 N–H and O–H groups in total. The van der Waals surface area contributed by atoms with Gasteiger partial charge in [-0.2, -0.15) is 0 Å². The van der Waals surface area contributed by atoms with Crippen LogP contribution in [-0.4, -0.2) is 75.6 Å². The van der Waals surface area contributed by atoms with Gasteiger partial charge in [0.15, 0.2) is 0 Å². The lowest BCUT2D eigenvalue weighted by atomic mass is 9.90. The van der Waals surface area contributed by atoms with Gasteiger partial charge in [0.1, 0.15) is 16.8 Å². The van der Waals surface area contributed by atoms with Crippen LogP contribution in [0.5, 0.6) is 0 Å². The molecule has 2 fully saturated rings. The van der Waals surface area contributed by atoms with E-state index in [9.17, 15) is 14.4 Å². The molecule has 0 aromatic rings. The Hall–Kier alpha value is -2.07. The van der Waals surface area contributed by atoms with Crippen LogP contribution in [0.2, 0.25) is 0 Å². The molecule has 10 nitrogen and oxygen atoms in total. The third-order valence-corrected chi connectivity index (χ3v) is 6.66. The van der Waals surface area contributed by atoms with E-state index >= 15 is 0 Å². The van der Waals surface area contributed by atoms with E-state index in [0.717, 1.165) is 25.2 Å². The van der Waals surface area contributed by atoms with Gasteiger partial charge in [0.25, 0.3) is 0 Å². The summed E-state index contributed by atoms with van der Waals surface area (Å²) >= 11 is 0. The predicted molar refractivity (Wildman–Crippen MR) is 163 cm³/mol. The quantitative estimate of drug-likeness (QED) is 0.191. The summed E-state index contributed by atoms with van der Waals surface area (Å²) in [4.78, 5) is 35.9. The lowest BCUT2D eigenvalue weighted by molar-refractivity contribution is -0.0294. The second-order valence-electron chi connectivity index (χ2n) is 15.8. The zero-order valence-electron chi connectivity index (χ0n) is 28.7. The zero-order chi connectivity index (χ0) is 33.2. The van der Waals surface area contributed by atoms with Crippen LogP contribution < -0.4 is 0 Å². The van der Waals surface area contributed by atoms with Crippen LogP contribution in [0.3, 0.4) is 0 Å². The number of aliphatic hydroxyl groups is 2. The number of rotatable bonds is 4. The van der Waals surface area contributed by atoms with Crippen molar-refractivity contribution in [3.8, 4) is 0 Å². The molecule has 0 aromatic heterocycles. The van der Waals surface area contributed by atoms with E-state index in [1.807, 2.05) is 34.6 Å². The highest BCUT2D eigenvalue weighted by Gasteiger charge is 2.42. The topological polar surface area (TPSA) is 132 Å². The maximum Gasteiger partial charge on any atom is 0.519 e. The van der Waals surface area contributed by atoms with Crippen LogP contribution >= 0.6 is 0 Å². The largest absolute Gasteiger partial charge is 0.519 e. The van der Waals surface area contributed by atoms with E-state index in [0.29, 0.717) is 24.5 Å². The lowest BCUT2D eigenvalue weighted by Gasteiger charge is -2.33. The molecule has 1 amide bonds. The van der Waals surface area contributed by atoms with Gasteiger partial charge in [-0.15, -0.1) is 0 Å². The fourth-order valence-corrected chi connectivity index (χ4v) is 5.02. The number of nitrogens with zero attached hydrogens (tertiary/aromatic N) is 1. The average Bonchev–Trinajstić information content (AvgIpc) is 3.22. The number of hydrogen-bond donors (Lipinski definition) is 2. The minimum absolute atomic E-state index is 0.178. The first-order valence-electron chi connectivity index (χ1n) is 15.2. The van der Waals surface area contributed by atoms with Crippen LogP contribution in [0.1, 0.15) is 129 Å². The van der Waals surface area contributed by atoms with Crippen LogP contribution in [0.15, 0.2) is 0 Å². The summed E-state index contributed by atoms with van der Waals surface area (Å²) in [6.45, 7) is 25.6. The molecule has 0 unspecified atom stereocenters. The molecule has 248 valence electrons. The Kier molecular flexibility index (Phi) is 15.3. The molecule has 2 rings (SSSR count). The third-order valence-electron chi connectivity index (χ3n) is 6.66. The van der Waals surface area contributed by atoms with Crippen LogP contribution in [0.4, 0.5) is 14.4 Å². The SMILES string of the molecule is CC(C)(C)OC(=O)N1C[C@@H](CCO)CC1(C)C.CC(C)(C)OC(=O)OC(=O)OC(C)(C)C.CC1(C)CC[C@@H](CCO)C1. The highest BCUT2D eigenvalue weighted by molar-refractivity contribution is 5.77. The second kappa shape index (κ2) is 16.1. The van der Waals surface area contributed by atoms with Crippen molar-refractivity contribution >= 4 is 18.4 Å². The van der Waals surface area contributed by atoms with Crippen LogP contribution in [0.25, 0.3) is 0 Å². The fraction of sp³-hybridized carbons (Fsp3) is 0.906. The Morgan fingerprint density at radius 3 is 1.50 bits per heavy atom. The van der Waals surface area contributed by atoms with Crippen molar-refractivity contribution in [3.63, 3.8) is 0 Å². The molecule has 1 saturated heterocycles. The van der Waals surface area contributed by atoms with Gasteiger partial charge in [0.05, 0.1) is 0 Å². The van der Waals surface area contributed by atoms with E-state index in [1.165, 1.54) is 19.3 Å². The van der Waals surface area contributed by atoms with Crippen molar-refractivity contribution in [2.24, 2.45) is 17.3 Å². The van der Waals surface area contributed by atoms with E-state index < -0.39 is 29.1 Å². The Bertz CT molecular complexity index is 822. The van der Waals surface area contributed by atoms with E-state index in [2.05, 4.69) is 18.6 Å². The molecule has 1 heterocycles. The zero-order valence-corrected chi connectivity index (χ0v) is 28.7. The van der Waals surface area contributed by atoms with Crippen molar-refractivity contribution in [2.45, 2.75) is 151 Å². The molecule has 1 saturated carbocycles. The first-order valence-corrected chi connectivity index (χ1v) is 15.2. The standard InChI is InChI=1S/C13H25NO3.C10H18O5.C9H18O/c1-12(2,3)17-11(16)14-9-10(6-7-15)8-13(14,4)5;1-9(2,3)14-7(11)13-8(12)15-10(4,5)6;1-9(2)5-3-8(7-9)4-6-10/h10,15H,6-9H2,1-5H3;1-6H3;8,10H,3-7H2,1-2H3/t10-;;8-/m0.0/s1. The van der Waals surface area contributed by atoms with Crippen LogP contribution in [-0.2, 0) is 18.9 Å². The molecule has 2 atom stereocenters. The number of likely N-dealkylation sites (tertiary alicyclic amines) is 1. The highest BCUT2D eigenvalue weighted by Crippen LogP contribution is 2.42. The van der Waals surface area contributed by atoms with Crippen LogP contribution in [0, 0.1) is 17.3 Å². The molecule has 0 aromatic carbocycles. The summed E-state index contributed by atoms with van der Waals surface area (Å²) in [6.07, 6.45) is 4.31. The molecule has 10 heteroatoms. The summed E-state index contributed by atoms with van der Waals surface area (Å²) in [5.41, 5.74) is -1.47. The van der Waals surface area contributed by atoms with Crippen molar-refractivity contribution < 1.29 is 43.5 Å². The molecule has 2 aliphatic rings. The maximum absolute atomic E-state index is 12.1. The number of hydrogen-bond acceptors (Lipinski definition) is 9. The average molecular weight is 604 g/mol. The minimum atomic E-state index is -1.06. The van der Waals surface area contributed by atoms with Gasteiger partial charge in [-0.1, -0.05) is 13.8 Å². The number of amides is 1. The van der Waals surface area contributed by atoms with E-state index in [-0.39, 0.29) is 18.2 Å². The summed E-state index contributed by atoms with van der Waals surface area (Å²) in [5.74, 6) is 1.18. The first-order chi connectivity index (χ1) is 18.8. The Morgan fingerprint density at radius 2 is 1.14 bits per heavy atom. The summed E-state index contributed by atoms with van der Waals surface area (Å²) < 4.78 is 19.2. The van der Waals surface area contributed by atoms with Gasteiger partial charge in [0.2, 0.25) is 0 Å². The van der Waals surface area contributed by atoms with Gasteiger partial charge in [-0.25, -0.2) is 14.4 Å². The van der Waals surface area contributed by atoms with Crippen molar-refractivity contribution in [3.05, 3.63) is 0 Å². The van der Waals surface area contributed by atoms with E-state index in [1.54, 1.807) is 46.4 Å². The Morgan fingerprint density at radius 1 is 0.714 bits per heavy atom. The van der Waals surface area contributed by atoms with Crippen molar-refractivity contribution in [2.75, 3.05) is 19.8 Å². The fourth-order valence-electron chi connectivity index (χ4n) is 5.02. The summed E-state index contributed by atoms with van der Waals surface area (Å²) in [6, 6.07) is 0. The molecule has 0 bridgehead atoms. The number of carbonyl (C=O) groups is 3. The first kappa shape index (κ1) is 39.9. The summed E-state index contributed by atoms with van der Waals surface area (Å²) in [5, 5.41) is 17.7. The number of carbonyl (C=O) groups excluding carboxylic acids is 3. The minimum Gasteiger partial charge on any atom is -0.444 e. The number of ether oxygens (including phenoxy) is 4. The Labute approximate surface area is 254 Å². The third kappa shape index (κ3) is 18.5. The van der Waals surface area contributed by atoms with Crippen molar-refractivity contribution in [1.29, 1.82) is 0 Å². The molecule has 0 radical (unpaired) electrons. The predicted octanol–water partition coefficient (Wildman–Crippen LogP) is 7.47. The van der Waals surface area contributed by atoms with Gasteiger partial charge < -0.3 is 34.1 Å². The highest BCUT2D eigenvalue weighted by atomic mass is 16.8. The smallest absolute Gasteiger partial charge is 0.444 e. The molecule has 42 heavy (non-hydrogen) atoms. The number of aliphatic hydroxyl groups excluding tert-OH is 2. The van der Waals surface area contributed by atoms with Gasteiger partial charge in [-0.3, -0.25) is 0 Å². The van der Waals surface area contributed by atoms with Gasteiger partial charge in [0, 0.05) is 25.3 Å². The maximum atomic E-state index is 12.1. The second-order valence-corrected chi connectivity index (χ2v) is 15.8. The van der Waals surface area contributed by atoms with Gasteiger partial charge in [-0.05, 0) is 132 Å². The van der Waals surface area contributed by atoms with E-state index in [4.69, 9.17) is 24.4 Å². The van der Waals surface area contributed by atoms with Crippen molar-refractivity contribution in [1.82, 2.24) is 4.90 Å². The molecular formula is C32H61NO9. The Balaban J connectivity index is 0.000000620. The lowest BCUT2D eigenvalue weighted by Crippen LogP contribution is -2.45. The molecule has 0 spiro atoms. The normalized spacial score (nSPS) is 21.3. The summed E-state index contributed by atoms with van der Waals surface area (Å²) in [7, 11) is 0. The molecular weight excluding hydrogens is 542 g/mol. The monoisotopic (exact) mass is 603 g/mol.